The molecule has 0 radical (unpaired) electrons. The predicted molar refractivity (Wildman–Crippen MR) is 100 cm³/mol. The molecule has 1 saturated heterocycles. The number of rotatable bonds is 6. The van der Waals surface area contributed by atoms with E-state index in [1.807, 2.05) is 0 Å². The molecule has 26 heavy (non-hydrogen) atoms. The summed E-state index contributed by atoms with van der Waals surface area (Å²) in [6, 6.07) is 4.80. The van der Waals surface area contributed by atoms with Crippen LogP contribution in [-0.4, -0.2) is 62.4 Å². The van der Waals surface area contributed by atoms with Gasteiger partial charge in [0.05, 0.1) is 25.7 Å². The minimum absolute atomic E-state index is 0.205. The van der Waals surface area contributed by atoms with Crippen molar-refractivity contribution in [3.05, 3.63) is 34.6 Å². The molecular formula is C18H24N4O4. The highest BCUT2D eigenvalue weighted by Gasteiger charge is 2.11. The van der Waals surface area contributed by atoms with Gasteiger partial charge in [-0.2, -0.15) is 0 Å². The summed E-state index contributed by atoms with van der Waals surface area (Å²) in [6.45, 7) is 4.86. The maximum atomic E-state index is 12.5. The van der Waals surface area contributed by atoms with E-state index in [4.69, 9.17) is 9.47 Å². The number of aromatic nitrogens is 1. The number of amides is 2. The average Bonchev–Trinajstić information content (AvgIpc) is 2.68. The van der Waals surface area contributed by atoms with Crippen molar-refractivity contribution in [2.45, 2.75) is 6.42 Å². The third-order valence-corrected chi connectivity index (χ3v) is 4.38. The molecule has 3 rings (SSSR count). The fraction of sp³-hybridized carbons (Fsp3) is 0.444. The van der Waals surface area contributed by atoms with Crippen LogP contribution in [0.1, 0.15) is 6.42 Å². The number of pyridine rings is 1. The summed E-state index contributed by atoms with van der Waals surface area (Å²) in [7, 11) is 1.54. The molecule has 0 spiro atoms. The number of aromatic amines is 1. The van der Waals surface area contributed by atoms with Crippen LogP contribution >= 0.6 is 0 Å². The zero-order valence-corrected chi connectivity index (χ0v) is 14.8. The second kappa shape index (κ2) is 8.68. The fourth-order valence-electron chi connectivity index (χ4n) is 2.91. The van der Waals surface area contributed by atoms with Crippen LogP contribution in [0.3, 0.4) is 0 Å². The highest BCUT2D eigenvalue weighted by atomic mass is 16.5. The summed E-state index contributed by atoms with van der Waals surface area (Å²) in [4.78, 5) is 29.9. The van der Waals surface area contributed by atoms with E-state index in [0.717, 1.165) is 39.3 Å². The number of fused-ring (bicyclic) bond motifs is 1. The lowest BCUT2D eigenvalue weighted by atomic mass is 10.2. The zero-order chi connectivity index (χ0) is 18.4. The van der Waals surface area contributed by atoms with E-state index >= 15 is 0 Å². The number of carbonyl (C=O) groups excluding carboxylic acids is 1. The van der Waals surface area contributed by atoms with Gasteiger partial charge in [-0.3, -0.25) is 9.69 Å². The molecular weight excluding hydrogens is 336 g/mol. The topological polar surface area (TPSA) is 95.7 Å². The molecule has 2 aromatic rings. The van der Waals surface area contributed by atoms with E-state index in [1.54, 1.807) is 25.3 Å². The van der Waals surface area contributed by atoms with E-state index < -0.39 is 0 Å². The van der Waals surface area contributed by atoms with E-state index in [2.05, 4.69) is 20.5 Å². The number of hydrogen-bond donors (Lipinski definition) is 3. The van der Waals surface area contributed by atoms with Gasteiger partial charge in [0, 0.05) is 31.3 Å². The van der Waals surface area contributed by atoms with Crippen molar-refractivity contribution < 1.29 is 14.3 Å². The molecule has 3 N–H and O–H groups in total. The molecule has 1 aromatic heterocycles. The summed E-state index contributed by atoms with van der Waals surface area (Å²) >= 11 is 0. The Morgan fingerprint density at radius 3 is 2.92 bits per heavy atom. The Hall–Kier alpha value is -2.58. The number of benzene rings is 1. The minimum Gasteiger partial charge on any atom is -0.497 e. The number of methoxy groups -OCH3 is 1. The Morgan fingerprint density at radius 2 is 2.15 bits per heavy atom. The summed E-state index contributed by atoms with van der Waals surface area (Å²) in [6.07, 6.45) is 2.35. The second-order valence-corrected chi connectivity index (χ2v) is 6.13. The van der Waals surface area contributed by atoms with Gasteiger partial charge in [-0.1, -0.05) is 0 Å². The standard InChI is InChI=1S/C18H24N4O4/c1-25-13-3-4-15-14(11-13)17(23)16(12-20-15)21-18(24)19-5-2-6-22-7-9-26-10-8-22/h3-4,11-12H,2,5-10H2,1H3,(H,20,23)(H2,19,21,24). The Morgan fingerprint density at radius 1 is 1.35 bits per heavy atom. The Bertz CT molecular complexity index is 814. The third kappa shape index (κ3) is 4.53. The Balaban J connectivity index is 1.53. The smallest absolute Gasteiger partial charge is 0.319 e. The maximum absolute atomic E-state index is 12.5. The van der Waals surface area contributed by atoms with Crippen LogP contribution in [-0.2, 0) is 4.74 Å². The average molecular weight is 360 g/mol. The number of carbonyl (C=O) groups is 1. The molecule has 0 aliphatic carbocycles. The van der Waals surface area contributed by atoms with Gasteiger partial charge in [0.25, 0.3) is 0 Å². The van der Waals surface area contributed by atoms with Crippen molar-refractivity contribution in [2.24, 2.45) is 0 Å². The predicted octanol–water partition coefficient (Wildman–Crippen LogP) is 1.38. The van der Waals surface area contributed by atoms with Crippen LogP contribution in [0.15, 0.2) is 29.2 Å². The Labute approximate surface area is 151 Å². The molecule has 0 unspecified atom stereocenters. The zero-order valence-electron chi connectivity index (χ0n) is 14.8. The van der Waals surface area contributed by atoms with Crippen molar-refractivity contribution in [3.8, 4) is 5.75 Å². The van der Waals surface area contributed by atoms with Crippen LogP contribution in [0, 0.1) is 0 Å². The fourth-order valence-corrected chi connectivity index (χ4v) is 2.91. The molecule has 1 aliphatic heterocycles. The first-order valence-electron chi connectivity index (χ1n) is 8.72. The van der Waals surface area contributed by atoms with Gasteiger partial charge in [0.15, 0.2) is 0 Å². The lowest BCUT2D eigenvalue weighted by molar-refractivity contribution is 0.0375. The van der Waals surface area contributed by atoms with E-state index in [-0.39, 0.29) is 17.1 Å². The molecule has 1 aliphatic rings. The number of H-pyrrole nitrogens is 1. The molecule has 2 amide bonds. The largest absolute Gasteiger partial charge is 0.497 e. The van der Waals surface area contributed by atoms with E-state index in [1.165, 1.54) is 6.20 Å². The van der Waals surface area contributed by atoms with Crippen LogP contribution < -0.4 is 20.8 Å². The minimum atomic E-state index is -0.389. The van der Waals surface area contributed by atoms with Crippen LogP contribution in [0.5, 0.6) is 5.75 Å². The number of morpholine rings is 1. The molecule has 1 aromatic carbocycles. The first-order valence-corrected chi connectivity index (χ1v) is 8.72. The van der Waals surface area contributed by atoms with Gasteiger partial charge in [0.1, 0.15) is 11.4 Å². The maximum Gasteiger partial charge on any atom is 0.319 e. The van der Waals surface area contributed by atoms with Crippen LogP contribution in [0.25, 0.3) is 10.9 Å². The Kier molecular flexibility index (Phi) is 6.08. The van der Waals surface area contributed by atoms with Gasteiger partial charge >= 0.3 is 6.03 Å². The summed E-state index contributed by atoms with van der Waals surface area (Å²) in [5.74, 6) is 0.590. The number of urea groups is 1. The number of nitrogens with one attached hydrogen (secondary N) is 3. The molecule has 0 saturated carbocycles. The van der Waals surface area contributed by atoms with Crippen molar-refractivity contribution >= 4 is 22.6 Å². The van der Waals surface area contributed by atoms with Crippen molar-refractivity contribution in [3.63, 3.8) is 0 Å². The summed E-state index contributed by atoms with van der Waals surface area (Å²) in [5.41, 5.74) is 0.643. The van der Waals surface area contributed by atoms with Crippen molar-refractivity contribution in [2.75, 3.05) is 51.8 Å². The van der Waals surface area contributed by atoms with Gasteiger partial charge in [-0.15, -0.1) is 0 Å². The van der Waals surface area contributed by atoms with Gasteiger partial charge in [-0.25, -0.2) is 4.79 Å². The number of hydrogen-bond acceptors (Lipinski definition) is 5. The summed E-state index contributed by atoms with van der Waals surface area (Å²) in [5, 5.41) is 5.86. The molecule has 1 fully saturated rings. The summed E-state index contributed by atoms with van der Waals surface area (Å²) < 4.78 is 10.5. The first kappa shape index (κ1) is 18.2. The molecule has 0 bridgehead atoms. The lowest BCUT2D eigenvalue weighted by Crippen LogP contribution is -2.38. The van der Waals surface area contributed by atoms with Gasteiger partial charge < -0.3 is 25.1 Å². The number of ether oxygens (including phenoxy) is 2. The monoisotopic (exact) mass is 360 g/mol. The van der Waals surface area contributed by atoms with E-state index in [0.29, 0.717) is 23.2 Å². The number of nitrogens with zero attached hydrogens (tertiary/aromatic N) is 1. The van der Waals surface area contributed by atoms with Crippen molar-refractivity contribution in [1.82, 2.24) is 15.2 Å². The van der Waals surface area contributed by atoms with Gasteiger partial charge in [-0.05, 0) is 31.2 Å². The highest BCUT2D eigenvalue weighted by molar-refractivity contribution is 5.92. The highest BCUT2D eigenvalue weighted by Crippen LogP contribution is 2.17. The third-order valence-electron chi connectivity index (χ3n) is 4.38. The molecule has 8 heteroatoms. The van der Waals surface area contributed by atoms with E-state index in [9.17, 15) is 9.59 Å². The van der Waals surface area contributed by atoms with Crippen molar-refractivity contribution in [1.29, 1.82) is 0 Å². The lowest BCUT2D eigenvalue weighted by Gasteiger charge is -2.26. The van der Waals surface area contributed by atoms with Gasteiger partial charge in [0.2, 0.25) is 5.43 Å². The molecule has 8 nitrogen and oxygen atoms in total. The SMILES string of the molecule is COc1ccc2[nH]cc(NC(=O)NCCCN3CCOCC3)c(=O)c2c1. The quantitative estimate of drug-likeness (QED) is 0.677. The second-order valence-electron chi connectivity index (χ2n) is 6.13. The molecule has 2 heterocycles. The molecule has 140 valence electrons. The van der Waals surface area contributed by atoms with Crippen LogP contribution in [0.4, 0.5) is 10.5 Å². The molecule has 0 atom stereocenters. The van der Waals surface area contributed by atoms with Crippen LogP contribution in [0.2, 0.25) is 0 Å². The first-order chi connectivity index (χ1) is 12.7. The number of anilines is 1. The normalized spacial score (nSPS) is 15.0.